The first-order valence-corrected chi connectivity index (χ1v) is 9.73. The lowest BCUT2D eigenvalue weighted by atomic mass is 9.93. The van der Waals surface area contributed by atoms with Crippen LogP contribution >= 0.6 is 0 Å². The third-order valence-corrected chi connectivity index (χ3v) is 5.23. The maximum absolute atomic E-state index is 12.2. The van der Waals surface area contributed by atoms with Crippen LogP contribution in [0, 0.1) is 5.92 Å². The van der Waals surface area contributed by atoms with Crippen LogP contribution < -0.4 is 15.8 Å². The van der Waals surface area contributed by atoms with Crippen LogP contribution in [0.1, 0.15) is 19.3 Å². The molecule has 1 heterocycles. The summed E-state index contributed by atoms with van der Waals surface area (Å²) in [6, 6.07) is 5.98. The molecule has 1 saturated heterocycles. The van der Waals surface area contributed by atoms with Crippen molar-refractivity contribution < 1.29 is 13.2 Å². The molecule has 8 heteroatoms. The molecule has 0 unspecified atom stereocenters. The van der Waals surface area contributed by atoms with Crippen molar-refractivity contribution in [2.75, 3.05) is 38.5 Å². The van der Waals surface area contributed by atoms with Gasteiger partial charge < -0.3 is 10.6 Å². The van der Waals surface area contributed by atoms with E-state index in [1.807, 2.05) is 7.05 Å². The normalized spacial score (nSPS) is 16.9. The number of nitrogens with one attached hydrogen (secondary N) is 2. The van der Waals surface area contributed by atoms with Gasteiger partial charge in [0.2, 0.25) is 15.9 Å². The monoisotopic (exact) mass is 354 g/mol. The zero-order chi connectivity index (χ0) is 17.6. The van der Waals surface area contributed by atoms with E-state index in [-0.39, 0.29) is 10.8 Å². The molecule has 24 heavy (non-hydrogen) atoms. The molecule has 1 aromatic rings. The highest BCUT2D eigenvalue weighted by molar-refractivity contribution is 7.89. The van der Waals surface area contributed by atoms with Crippen LogP contribution in [-0.4, -0.2) is 52.5 Å². The lowest BCUT2D eigenvalue weighted by molar-refractivity contribution is -0.117. The van der Waals surface area contributed by atoms with Gasteiger partial charge in [0.25, 0.3) is 0 Å². The van der Waals surface area contributed by atoms with Gasteiger partial charge in [-0.3, -0.25) is 9.69 Å². The third-order valence-electron chi connectivity index (χ3n) is 4.32. The second-order valence-electron chi connectivity index (χ2n) is 6.23. The van der Waals surface area contributed by atoms with Gasteiger partial charge in [0, 0.05) is 5.69 Å². The number of carbonyl (C=O) groups is 1. The molecular formula is C16H26N4O3S. The van der Waals surface area contributed by atoms with Crippen LogP contribution in [0.2, 0.25) is 0 Å². The molecular weight excluding hydrogens is 328 g/mol. The molecule has 134 valence electrons. The van der Waals surface area contributed by atoms with Crippen LogP contribution in [-0.2, 0) is 14.8 Å². The third kappa shape index (κ3) is 5.86. The summed E-state index contributed by atoms with van der Waals surface area (Å²) in [7, 11) is -1.81. The summed E-state index contributed by atoms with van der Waals surface area (Å²) in [6.07, 6.45) is 3.39. The molecule has 0 radical (unpaired) electrons. The Morgan fingerprint density at radius 1 is 1.33 bits per heavy atom. The van der Waals surface area contributed by atoms with E-state index in [0.29, 0.717) is 12.2 Å². The van der Waals surface area contributed by atoms with Gasteiger partial charge in [0.1, 0.15) is 0 Å². The second kappa shape index (κ2) is 8.57. The maximum Gasteiger partial charge on any atom is 0.238 e. The highest BCUT2D eigenvalue weighted by Crippen LogP contribution is 2.20. The Balaban J connectivity index is 1.82. The molecule has 2 rings (SSSR count). The Morgan fingerprint density at radius 3 is 2.67 bits per heavy atom. The van der Waals surface area contributed by atoms with Crippen LogP contribution in [0.3, 0.4) is 0 Å². The Labute approximate surface area is 143 Å². The maximum atomic E-state index is 12.2. The Bertz CT molecular complexity index is 655. The highest BCUT2D eigenvalue weighted by Gasteiger charge is 2.20. The first kappa shape index (κ1) is 18.9. The molecule has 1 aliphatic rings. The van der Waals surface area contributed by atoms with E-state index < -0.39 is 10.0 Å². The van der Waals surface area contributed by atoms with E-state index in [0.717, 1.165) is 38.4 Å². The van der Waals surface area contributed by atoms with Crippen molar-refractivity contribution in [3.05, 3.63) is 24.3 Å². The van der Waals surface area contributed by atoms with Gasteiger partial charge in [0.15, 0.2) is 0 Å². The molecule has 0 aromatic heterocycles. The van der Waals surface area contributed by atoms with Gasteiger partial charge >= 0.3 is 0 Å². The molecule has 0 spiro atoms. The number of nitrogens with zero attached hydrogens (tertiary/aromatic N) is 1. The number of hydrogen-bond donors (Lipinski definition) is 3. The van der Waals surface area contributed by atoms with E-state index in [4.69, 9.17) is 5.14 Å². The number of hydrogen-bond acceptors (Lipinski definition) is 5. The van der Waals surface area contributed by atoms with Crippen molar-refractivity contribution in [3.63, 3.8) is 0 Å². The van der Waals surface area contributed by atoms with Crippen LogP contribution in [0.15, 0.2) is 29.2 Å². The lowest BCUT2D eigenvalue weighted by Gasteiger charge is -2.31. The molecule has 1 amide bonds. The van der Waals surface area contributed by atoms with E-state index >= 15 is 0 Å². The average Bonchev–Trinajstić information content (AvgIpc) is 2.53. The Kier molecular flexibility index (Phi) is 6.73. The van der Waals surface area contributed by atoms with E-state index in [2.05, 4.69) is 15.5 Å². The first-order valence-electron chi connectivity index (χ1n) is 8.18. The molecule has 0 saturated carbocycles. The molecule has 1 aromatic carbocycles. The fourth-order valence-corrected chi connectivity index (χ4v) is 3.50. The number of piperidine rings is 1. The van der Waals surface area contributed by atoms with Gasteiger partial charge in [-0.15, -0.1) is 0 Å². The minimum absolute atomic E-state index is 0.00866. The van der Waals surface area contributed by atoms with Crippen molar-refractivity contribution in [2.24, 2.45) is 11.1 Å². The number of likely N-dealkylation sites (tertiary alicyclic amines) is 1. The van der Waals surface area contributed by atoms with Crippen LogP contribution in [0.5, 0.6) is 0 Å². The summed E-state index contributed by atoms with van der Waals surface area (Å²) in [4.78, 5) is 14.3. The minimum Gasteiger partial charge on any atom is -0.325 e. The number of amides is 1. The summed E-state index contributed by atoms with van der Waals surface area (Å²) < 4.78 is 22.7. The number of sulfonamides is 1. The predicted molar refractivity (Wildman–Crippen MR) is 94.2 cm³/mol. The molecule has 1 fully saturated rings. The molecule has 4 N–H and O–H groups in total. The molecule has 7 nitrogen and oxygen atoms in total. The van der Waals surface area contributed by atoms with Crippen LogP contribution in [0.4, 0.5) is 5.69 Å². The van der Waals surface area contributed by atoms with Crippen LogP contribution in [0.25, 0.3) is 0 Å². The first-order chi connectivity index (χ1) is 11.4. The summed E-state index contributed by atoms with van der Waals surface area (Å²) >= 11 is 0. The van der Waals surface area contributed by atoms with Crippen molar-refractivity contribution in [3.8, 4) is 0 Å². The SMILES string of the molecule is CNCCC1CCN(CC(=O)Nc2cccc(S(N)(=O)=O)c2)CC1. The minimum atomic E-state index is -3.77. The zero-order valence-electron chi connectivity index (χ0n) is 14.0. The Hall–Kier alpha value is -1.48. The number of benzene rings is 1. The average molecular weight is 354 g/mol. The quantitative estimate of drug-likeness (QED) is 0.665. The molecule has 0 bridgehead atoms. The second-order valence-corrected chi connectivity index (χ2v) is 7.79. The number of primary sulfonamides is 1. The van der Waals surface area contributed by atoms with Gasteiger partial charge in [0.05, 0.1) is 11.4 Å². The van der Waals surface area contributed by atoms with Crippen molar-refractivity contribution in [1.29, 1.82) is 0 Å². The highest BCUT2D eigenvalue weighted by atomic mass is 32.2. The van der Waals surface area contributed by atoms with E-state index in [1.54, 1.807) is 12.1 Å². The van der Waals surface area contributed by atoms with E-state index in [9.17, 15) is 13.2 Å². The number of rotatable bonds is 7. The smallest absolute Gasteiger partial charge is 0.238 e. The largest absolute Gasteiger partial charge is 0.325 e. The number of nitrogens with two attached hydrogens (primary N) is 1. The lowest BCUT2D eigenvalue weighted by Crippen LogP contribution is -2.39. The Morgan fingerprint density at radius 2 is 2.04 bits per heavy atom. The summed E-state index contributed by atoms with van der Waals surface area (Å²) in [5.74, 6) is 0.582. The summed E-state index contributed by atoms with van der Waals surface area (Å²) in [5, 5.41) is 11.0. The standard InChI is InChI=1S/C16H26N4O3S/c1-18-8-5-13-6-9-20(10-7-13)12-16(21)19-14-3-2-4-15(11-14)24(17,22)23/h2-4,11,13,18H,5-10,12H2,1H3,(H,19,21)(H2,17,22,23). The van der Waals surface area contributed by atoms with E-state index in [1.165, 1.54) is 18.6 Å². The summed E-state index contributed by atoms with van der Waals surface area (Å²) in [5.41, 5.74) is 0.440. The van der Waals surface area contributed by atoms with Gasteiger partial charge in [-0.25, -0.2) is 13.6 Å². The predicted octanol–water partition coefficient (Wildman–Crippen LogP) is 0.594. The summed E-state index contributed by atoms with van der Waals surface area (Å²) in [6.45, 7) is 3.18. The van der Waals surface area contributed by atoms with Crippen molar-refractivity contribution in [1.82, 2.24) is 10.2 Å². The number of carbonyl (C=O) groups excluding carboxylic acids is 1. The van der Waals surface area contributed by atoms with Crippen molar-refractivity contribution in [2.45, 2.75) is 24.2 Å². The fraction of sp³-hybridized carbons (Fsp3) is 0.562. The van der Waals surface area contributed by atoms with Crippen molar-refractivity contribution >= 4 is 21.6 Å². The number of anilines is 1. The molecule has 0 atom stereocenters. The van der Waals surface area contributed by atoms with Gasteiger partial charge in [-0.05, 0) is 70.1 Å². The fourth-order valence-electron chi connectivity index (χ4n) is 2.94. The molecule has 0 aliphatic carbocycles. The molecule has 1 aliphatic heterocycles. The topological polar surface area (TPSA) is 105 Å². The zero-order valence-corrected chi connectivity index (χ0v) is 14.8. The van der Waals surface area contributed by atoms with Gasteiger partial charge in [-0.1, -0.05) is 6.07 Å². The van der Waals surface area contributed by atoms with Gasteiger partial charge in [-0.2, -0.15) is 0 Å².